The predicted molar refractivity (Wildman–Crippen MR) is 113 cm³/mol. The van der Waals surface area contributed by atoms with Crippen LogP contribution in [0.3, 0.4) is 0 Å². The minimum Gasteiger partial charge on any atom is -0.493 e. The van der Waals surface area contributed by atoms with Crippen LogP contribution in [0.5, 0.6) is 11.5 Å². The van der Waals surface area contributed by atoms with Crippen molar-refractivity contribution >= 4 is 40.7 Å². The van der Waals surface area contributed by atoms with Gasteiger partial charge in [0, 0.05) is 17.5 Å². The van der Waals surface area contributed by atoms with Crippen LogP contribution in [0.2, 0.25) is 0 Å². The molecule has 2 rings (SSSR count). The summed E-state index contributed by atoms with van der Waals surface area (Å²) in [5.74, 6) is 1.11. The van der Waals surface area contributed by atoms with Crippen LogP contribution in [0.1, 0.15) is 16.0 Å². The van der Waals surface area contributed by atoms with Crippen LogP contribution >= 0.6 is 23.6 Å². The molecule has 2 aromatic rings. The Morgan fingerprint density at radius 1 is 1.19 bits per heavy atom. The topological polar surface area (TPSA) is 71.6 Å². The highest BCUT2D eigenvalue weighted by molar-refractivity contribution is 7.80. The number of thiocarbonyl (C=S) groups is 1. The Morgan fingerprint density at radius 3 is 2.63 bits per heavy atom. The third-order valence-electron chi connectivity index (χ3n) is 3.73. The van der Waals surface area contributed by atoms with Gasteiger partial charge in [0.15, 0.2) is 16.6 Å². The van der Waals surface area contributed by atoms with Gasteiger partial charge in [-0.25, -0.2) is 0 Å². The number of hydrogen-bond donors (Lipinski definition) is 3. The van der Waals surface area contributed by atoms with E-state index in [9.17, 15) is 4.79 Å². The second-order valence-corrected chi connectivity index (χ2v) is 6.97. The highest BCUT2D eigenvalue weighted by Crippen LogP contribution is 2.27. The van der Waals surface area contributed by atoms with E-state index < -0.39 is 0 Å². The lowest BCUT2D eigenvalue weighted by Gasteiger charge is -2.12. The third-order valence-corrected chi connectivity index (χ3v) is 4.96. The maximum Gasteiger partial charge on any atom is 0.262 e. The summed E-state index contributed by atoms with van der Waals surface area (Å²) < 4.78 is 10.5. The molecule has 0 atom stereocenters. The average molecular weight is 406 g/mol. The van der Waals surface area contributed by atoms with Crippen LogP contribution < -0.4 is 25.6 Å². The highest BCUT2D eigenvalue weighted by Gasteiger charge is 2.05. The molecule has 1 heterocycles. The van der Waals surface area contributed by atoms with Gasteiger partial charge in [0.1, 0.15) is 0 Å². The molecule has 0 aliphatic rings. The van der Waals surface area contributed by atoms with Crippen molar-refractivity contribution in [2.45, 2.75) is 13.3 Å². The number of benzene rings is 1. The number of ether oxygens (including phenoxy) is 2. The number of carbonyl (C=O) groups is 1. The van der Waals surface area contributed by atoms with Crippen molar-refractivity contribution in [1.82, 2.24) is 16.2 Å². The smallest absolute Gasteiger partial charge is 0.262 e. The molecule has 27 heavy (non-hydrogen) atoms. The molecule has 0 radical (unpaired) electrons. The normalized spacial score (nSPS) is 10.5. The largest absolute Gasteiger partial charge is 0.493 e. The number of methoxy groups -OCH3 is 2. The molecule has 6 nitrogen and oxygen atoms in total. The second-order valence-electron chi connectivity index (χ2n) is 5.61. The van der Waals surface area contributed by atoms with Crippen molar-refractivity contribution in [2.75, 3.05) is 20.8 Å². The Balaban J connectivity index is 1.71. The van der Waals surface area contributed by atoms with Gasteiger partial charge in [0.25, 0.3) is 5.91 Å². The Morgan fingerprint density at radius 2 is 1.96 bits per heavy atom. The molecule has 0 fully saturated rings. The van der Waals surface area contributed by atoms with Gasteiger partial charge in [-0.1, -0.05) is 6.07 Å². The lowest BCUT2D eigenvalue weighted by molar-refractivity contribution is -0.116. The summed E-state index contributed by atoms with van der Waals surface area (Å²) in [6.45, 7) is 2.62. The summed E-state index contributed by atoms with van der Waals surface area (Å²) >= 11 is 6.74. The summed E-state index contributed by atoms with van der Waals surface area (Å²) in [7, 11) is 3.21. The van der Waals surface area contributed by atoms with Gasteiger partial charge in [-0.2, -0.15) is 0 Å². The van der Waals surface area contributed by atoms with Crippen LogP contribution in [0.4, 0.5) is 0 Å². The molecular weight excluding hydrogens is 382 g/mol. The molecule has 0 bridgehead atoms. The molecule has 144 valence electrons. The van der Waals surface area contributed by atoms with Crippen LogP contribution in [0.25, 0.3) is 6.08 Å². The molecule has 0 aliphatic heterocycles. The number of amides is 1. The third kappa shape index (κ3) is 6.58. The summed E-state index contributed by atoms with van der Waals surface area (Å²) in [5.41, 5.74) is 7.44. The predicted octanol–water partition coefficient (Wildman–Crippen LogP) is 2.82. The Kier molecular flexibility index (Phi) is 8.09. The fraction of sp³-hybridized carbons (Fsp3) is 0.263. The van der Waals surface area contributed by atoms with Crippen molar-refractivity contribution in [3.63, 3.8) is 0 Å². The van der Waals surface area contributed by atoms with Gasteiger partial charge in [0.05, 0.1) is 14.2 Å². The van der Waals surface area contributed by atoms with Crippen LogP contribution in [0.15, 0.2) is 35.7 Å². The van der Waals surface area contributed by atoms with E-state index in [1.54, 1.807) is 31.6 Å². The molecule has 0 spiro atoms. The van der Waals surface area contributed by atoms with E-state index in [1.165, 1.54) is 6.08 Å². The first kappa shape index (κ1) is 20.7. The molecule has 3 N–H and O–H groups in total. The molecule has 0 unspecified atom stereocenters. The van der Waals surface area contributed by atoms with Crippen LogP contribution in [-0.4, -0.2) is 31.8 Å². The molecule has 1 aromatic carbocycles. The van der Waals surface area contributed by atoms with Gasteiger partial charge < -0.3 is 14.8 Å². The molecular formula is C19H23N3O3S2. The SMILES string of the molecule is COc1ccc(CCNC(=S)NNC(=O)/C=C/c2sccc2C)cc1OC. The monoisotopic (exact) mass is 405 g/mol. The van der Waals surface area contributed by atoms with E-state index in [4.69, 9.17) is 21.7 Å². The Bertz CT molecular complexity index is 818. The van der Waals surface area contributed by atoms with Crippen molar-refractivity contribution in [1.29, 1.82) is 0 Å². The van der Waals surface area contributed by atoms with Gasteiger partial charge in [0.2, 0.25) is 0 Å². The maximum atomic E-state index is 11.8. The fourth-order valence-corrected chi connectivity index (χ4v) is 3.24. The van der Waals surface area contributed by atoms with Gasteiger partial charge in [-0.15, -0.1) is 11.3 Å². The van der Waals surface area contributed by atoms with Gasteiger partial charge in [-0.05, 0) is 66.3 Å². The average Bonchev–Trinajstić information content (AvgIpc) is 3.09. The summed E-state index contributed by atoms with van der Waals surface area (Å²) in [6.07, 6.45) is 4.00. The summed E-state index contributed by atoms with van der Waals surface area (Å²) in [4.78, 5) is 12.9. The van der Waals surface area contributed by atoms with Crippen molar-refractivity contribution in [2.24, 2.45) is 0 Å². The minimum atomic E-state index is -0.271. The number of aryl methyl sites for hydroxylation is 1. The lowest BCUT2D eigenvalue weighted by Crippen LogP contribution is -2.46. The van der Waals surface area contributed by atoms with E-state index in [2.05, 4.69) is 16.2 Å². The number of hydrazine groups is 1. The Labute approximate surface area is 168 Å². The van der Waals surface area contributed by atoms with E-state index >= 15 is 0 Å². The zero-order valence-corrected chi connectivity index (χ0v) is 17.1. The minimum absolute atomic E-state index is 0.271. The fourth-order valence-electron chi connectivity index (χ4n) is 2.27. The second kappa shape index (κ2) is 10.5. The highest BCUT2D eigenvalue weighted by atomic mass is 32.1. The Hall–Kier alpha value is -2.58. The van der Waals surface area contributed by atoms with Crippen LogP contribution in [0, 0.1) is 6.92 Å². The molecule has 1 amide bonds. The molecule has 0 saturated carbocycles. The zero-order chi connectivity index (χ0) is 19.6. The first-order valence-corrected chi connectivity index (χ1v) is 9.59. The first-order valence-electron chi connectivity index (χ1n) is 8.30. The number of hydrogen-bond acceptors (Lipinski definition) is 5. The zero-order valence-electron chi connectivity index (χ0n) is 15.5. The maximum absolute atomic E-state index is 11.8. The summed E-state index contributed by atoms with van der Waals surface area (Å²) in [6, 6.07) is 7.78. The van der Waals surface area contributed by atoms with E-state index in [0.29, 0.717) is 23.2 Å². The number of rotatable bonds is 7. The van der Waals surface area contributed by atoms with Crippen LogP contribution in [-0.2, 0) is 11.2 Å². The van der Waals surface area contributed by atoms with Crippen molar-refractivity contribution in [3.05, 3.63) is 51.7 Å². The summed E-state index contributed by atoms with van der Waals surface area (Å²) in [5, 5.41) is 5.38. The quantitative estimate of drug-likeness (QED) is 0.374. The number of carbonyl (C=O) groups excluding carboxylic acids is 1. The van der Waals surface area contributed by atoms with Gasteiger partial charge in [-0.3, -0.25) is 15.6 Å². The number of thiophene rings is 1. The molecule has 8 heteroatoms. The first-order chi connectivity index (χ1) is 13.0. The van der Waals surface area contributed by atoms with E-state index in [-0.39, 0.29) is 5.91 Å². The van der Waals surface area contributed by atoms with E-state index in [0.717, 1.165) is 22.4 Å². The van der Waals surface area contributed by atoms with E-state index in [1.807, 2.05) is 36.6 Å². The lowest BCUT2D eigenvalue weighted by atomic mass is 10.1. The molecule has 1 aromatic heterocycles. The van der Waals surface area contributed by atoms with Gasteiger partial charge >= 0.3 is 0 Å². The molecule has 0 saturated heterocycles. The number of nitrogens with one attached hydrogen (secondary N) is 3. The standard InChI is InChI=1S/C19H23N3O3S2/c1-13-9-11-27-17(13)6-7-18(23)21-22-19(26)20-10-8-14-4-5-15(24-2)16(12-14)25-3/h4-7,9,11-12H,8,10H2,1-3H3,(H,21,23)(H2,20,22,26)/b7-6+. The van der Waals surface area contributed by atoms with Crippen molar-refractivity contribution < 1.29 is 14.3 Å². The molecule has 0 aliphatic carbocycles. The van der Waals surface area contributed by atoms with Crippen molar-refractivity contribution in [3.8, 4) is 11.5 Å².